The van der Waals surface area contributed by atoms with Crippen molar-refractivity contribution in [2.75, 3.05) is 6.61 Å². The van der Waals surface area contributed by atoms with Crippen LogP contribution < -0.4 is 0 Å². The number of rotatable bonds is 5. The first-order chi connectivity index (χ1) is 4.72. The van der Waals surface area contributed by atoms with E-state index in [1.807, 2.05) is 0 Å². The smallest absolute Gasteiger partial charge is 0.0977 e. The standard InChI is InChI=1S/C8H14O2/c1-4-6-10-7(3)8(9)5-2/h4-5,7-9H,1-2,6H2,3H3/t7-,8-/m1/s1. The SMILES string of the molecule is C=CCO[C@H](C)[C@H](O)C=C. The molecule has 0 saturated heterocycles. The highest BCUT2D eigenvalue weighted by atomic mass is 16.5. The van der Waals surface area contributed by atoms with E-state index >= 15 is 0 Å². The maximum Gasteiger partial charge on any atom is 0.0977 e. The zero-order chi connectivity index (χ0) is 7.98. The highest BCUT2D eigenvalue weighted by molar-refractivity contribution is 4.83. The largest absolute Gasteiger partial charge is 0.386 e. The van der Waals surface area contributed by atoms with E-state index in [0.717, 1.165) is 0 Å². The third-order valence-corrected chi connectivity index (χ3v) is 1.20. The molecule has 0 aromatic rings. The van der Waals surface area contributed by atoms with Gasteiger partial charge < -0.3 is 9.84 Å². The van der Waals surface area contributed by atoms with E-state index in [2.05, 4.69) is 13.2 Å². The fraction of sp³-hybridized carbons (Fsp3) is 0.500. The van der Waals surface area contributed by atoms with Crippen LogP contribution in [0.2, 0.25) is 0 Å². The molecule has 2 atom stereocenters. The molecule has 0 amide bonds. The summed E-state index contributed by atoms with van der Waals surface area (Å²) in [6, 6.07) is 0. The second-order valence-electron chi connectivity index (χ2n) is 2.05. The molecule has 0 saturated carbocycles. The van der Waals surface area contributed by atoms with Gasteiger partial charge >= 0.3 is 0 Å². The van der Waals surface area contributed by atoms with Gasteiger partial charge in [0, 0.05) is 0 Å². The summed E-state index contributed by atoms with van der Waals surface area (Å²) in [5.41, 5.74) is 0. The first-order valence-electron chi connectivity index (χ1n) is 3.25. The number of aliphatic hydroxyl groups is 1. The predicted octanol–water partition coefficient (Wildman–Crippen LogP) is 1.12. The maximum absolute atomic E-state index is 9.08. The highest BCUT2D eigenvalue weighted by Crippen LogP contribution is 1.98. The van der Waals surface area contributed by atoms with Gasteiger partial charge in [0.2, 0.25) is 0 Å². The minimum absolute atomic E-state index is 0.199. The molecule has 2 nitrogen and oxygen atoms in total. The van der Waals surface area contributed by atoms with Gasteiger partial charge in [0.05, 0.1) is 18.8 Å². The molecule has 10 heavy (non-hydrogen) atoms. The van der Waals surface area contributed by atoms with Gasteiger partial charge in [-0.15, -0.1) is 13.2 Å². The zero-order valence-electron chi connectivity index (χ0n) is 6.29. The molecule has 2 heteroatoms. The lowest BCUT2D eigenvalue weighted by Gasteiger charge is -2.14. The van der Waals surface area contributed by atoms with Gasteiger partial charge in [-0.05, 0) is 6.92 Å². The number of aliphatic hydroxyl groups excluding tert-OH is 1. The van der Waals surface area contributed by atoms with Crippen LogP contribution in [0, 0.1) is 0 Å². The number of hydrogen-bond donors (Lipinski definition) is 1. The summed E-state index contributed by atoms with van der Waals surface area (Å²) in [5.74, 6) is 0. The average molecular weight is 142 g/mol. The van der Waals surface area contributed by atoms with Crippen molar-refractivity contribution in [1.82, 2.24) is 0 Å². The molecule has 0 aromatic carbocycles. The van der Waals surface area contributed by atoms with E-state index in [9.17, 15) is 0 Å². The molecule has 0 rings (SSSR count). The molecule has 0 radical (unpaired) electrons. The van der Waals surface area contributed by atoms with E-state index in [4.69, 9.17) is 9.84 Å². The first kappa shape index (κ1) is 9.40. The quantitative estimate of drug-likeness (QED) is 0.583. The number of ether oxygens (including phenoxy) is 1. The van der Waals surface area contributed by atoms with Crippen LogP contribution in [-0.2, 0) is 4.74 Å². The molecule has 0 aliphatic heterocycles. The highest BCUT2D eigenvalue weighted by Gasteiger charge is 2.08. The van der Waals surface area contributed by atoms with Gasteiger partial charge in [-0.25, -0.2) is 0 Å². The topological polar surface area (TPSA) is 29.5 Å². The molecule has 1 N–H and O–H groups in total. The molecule has 58 valence electrons. The van der Waals surface area contributed by atoms with Crippen LogP contribution in [0.4, 0.5) is 0 Å². The van der Waals surface area contributed by atoms with E-state index in [-0.39, 0.29) is 6.10 Å². The van der Waals surface area contributed by atoms with Gasteiger partial charge in [-0.1, -0.05) is 12.2 Å². The molecule has 0 heterocycles. The molecule has 0 unspecified atom stereocenters. The molecule has 0 aliphatic carbocycles. The van der Waals surface area contributed by atoms with Crippen molar-refractivity contribution in [3.05, 3.63) is 25.3 Å². The summed E-state index contributed by atoms with van der Waals surface area (Å²) >= 11 is 0. The Morgan fingerprint density at radius 3 is 2.60 bits per heavy atom. The van der Waals surface area contributed by atoms with Crippen molar-refractivity contribution in [3.63, 3.8) is 0 Å². The van der Waals surface area contributed by atoms with E-state index in [0.29, 0.717) is 6.61 Å². The first-order valence-corrected chi connectivity index (χ1v) is 3.25. The fourth-order valence-corrected chi connectivity index (χ4v) is 0.510. The second kappa shape index (κ2) is 5.21. The minimum Gasteiger partial charge on any atom is -0.386 e. The van der Waals surface area contributed by atoms with Crippen molar-refractivity contribution in [1.29, 1.82) is 0 Å². The minimum atomic E-state index is -0.583. The van der Waals surface area contributed by atoms with Crippen molar-refractivity contribution >= 4 is 0 Å². The van der Waals surface area contributed by atoms with Crippen molar-refractivity contribution in [2.24, 2.45) is 0 Å². The van der Waals surface area contributed by atoms with Crippen LogP contribution in [0.25, 0.3) is 0 Å². The van der Waals surface area contributed by atoms with Crippen molar-refractivity contribution in [3.8, 4) is 0 Å². The predicted molar refractivity (Wildman–Crippen MR) is 41.8 cm³/mol. The third-order valence-electron chi connectivity index (χ3n) is 1.20. The Morgan fingerprint density at radius 1 is 1.60 bits per heavy atom. The van der Waals surface area contributed by atoms with Crippen molar-refractivity contribution < 1.29 is 9.84 Å². The summed E-state index contributed by atoms with van der Waals surface area (Å²) in [6.07, 6.45) is 2.32. The van der Waals surface area contributed by atoms with E-state index in [1.165, 1.54) is 6.08 Å². The molecule has 0 aromatic heterocycles. The fourth-order valence-electron chi connectivity index (χ4n) is 0.510. The summed E-state index contributed by atoms with van der Waals surface area (Å²) in [4.78, 5) is 0. The lowest BCUT2D eigenvalue weighted by Crippen LogP contribution is -2.23. The average Bonchev–Trinajstić information content (AvgIpc) is 1.98. The summed E-state index contributed by atoms with van der Waals surface area (Å²) in [7, 11) is 0. The Hall–Kier alpha value is -0.600. The van der Waals surface area contributed by atoms with E-state index in [1.54, 1.807) is 13.0 Å². The van der Waals surface area contributed by atoms with Crippen LogP contribution >= 0.6 is 0 Å². The summed E-state index contributed by atoms with van der Waals surface area (Å²) < 4.78 is 5.10. The molecule has 0 fully saturated rings. The number of hydrogen-bond acceptors (Lipinski definition) is 2. The molecular weight excluding hydrogens is 128 g/mol. The van der Waals surface area contributed by atoms with Crippen LogP contribution in [0.1, 0.15) is 6.92 Å². The molecular formula is C8H14O2. The lowest BCUT2D eigenvalue weighted by atomic mass is 10.2. The Balaban J connectivity index is 3.49. The monoisotopic (exact) mass is 142 g/mol. The van der Waals surface area contributed by atoms with Crippen LogP contribution in [0.15, 0.2) is 25.3 Å². The normalized spacial score (nSPS) is 15.8. The molecule has 0 spiro atoms. The van der Waals surface area contributed by atoms with Gasteiger partial charge in [0.25, 0.3) is 0 Å². The second-order valence-corrected chi connectivity index (χ2v) is 2.05. The van der Waals surface area contributed by atoms with Crippen LogP contribution in [0.5, 0.6) is 0 Å². The van der Waals surface area contributed by atoms with Gasteiger partial charge in [-0.3, -0.25) is 0 Å². The summed E-state index contributed by atoms with van der Waals surface area (Å²) in [6.45, 7) is 9.17. The van der Waals surface area contributed by atoms with E-state index < -0.39 is 6.10 Å². The molecule has 0 bridgehead atoms. The van der Waals surface area contributed by atoms with Gasteiger partial charge in [0.15, 0.2) is 0 Å². The van der Waals surface area contributed by atoms with Gasteiger partial charge in [0.1, 0.15) is 0 Å². The maximum atomic E-state index is 9.08. The van der Waals surface area contributed by atoms with Crippen LogP contribution in [-0.4, -0.2) is 23.9 Å². The molecule has 0 aliphatic rings. The van der Waals surface area contributed by atoms with Gasteiger partial charge in [-0.2, -0.15) is 0 Å². The Kier molecular flexibility index (Phi) is 4.89. The lowest BCUT2D eigenvalue weighted by molar-refractivity contribution is 0.00742. The summed E-state index contributed by atoms with van der Waals surface area (Å²) in [5, 5.41) is 9.08. The Morgan fingerprint density at radius 2 is 2.20 bits per heavy atom. The Bertz CT molecular complexity index is 110. The zero-order valence-corrected chi connectivity index (χ0v) is 6.29. The Labute approximate surface area is 61.8 Å². The van der Waals surface area contributed by atoms with Crippen LogP contribution in [0.3, 0.4) is 0 Å². The third kappa shape index (κ3) is 3.43. The van der Waals surface area contributed by atoms with Crippen molar-refractivity contribution in [2.45, 2.75) is 19.1 Å².